The van der Waals surface area contributed by atoms with Crippen LogP contribution in [0.4, 0.5) is 0 Å². The minimum atomic E-state index is -0.141. The second-order valence-corrected chi connectivity index (χ2v) is 4.73. The molecule has 0 aliphatic carbocycles. The predicted molar refractivity (Wildman–Crippen MR) is 52.6 cm³/mol. The Morgan fingerprint density at radius 2 is 2.17 bits per heavy atom. The van der Waals surface area contributed by atoms with Crippen LogP contribution in [0.25, 0.3) is 0 Å². The van der Waals surface area contributed by atoms with Crippen LogP contribution in [0.2, 0.25) is 0 Å². The summed E-state index contributed by atoms with van der Waals surface area (Å²) < 4.78 is 5.26. The van der Waals surface area contributed by atoms with E-state index in [4.69, 9.17) is 9.84 Å². The quantitative estimate of drug-likeness (QED) is 0.731. The Labute approximate surface area is 78.7 Å². The Morgan fingerprint density at radius 3 is 2.75 bits per heavy atom. The highest BCUT2D eigenvalue weighted by Crippen LogP contribution is 2.22. The van der Waals surface area contributed by atoms with Gasteiger partial charge in [0.05, 0.1) is 6.10 Å². The van der Waals surface area contributed by atoms with Gasteiger partial charge in [-0.05, 0) is 31.9 Å². The molecule has 1 atom stereocenters. The van der Waals surface area contributed by atoms with Gasteiger partial charge in [0.2, 0.25) is 0 Å². The molecular weight excluding hydrogens is 172 g/mol. The Bertz CT molecular complexity index is 111. The molecule has 0 bridgehead atoms. The SMILES string of the molecule is CC(O)CCSC1CCOCC1. The van der Waals surface area contributed by atoms with Gasteiger partial charge in [-0.15, -0.1) is 0 Å². The van der Waals surface area contributed by atoms with E-state index in [1.54, 1.807) is 0 Å². The van der Waals surface area contributed by atoms with Gasteiger partial charge in [0.1, 0.15) is 0 Å². The summed E-state index contributed by atoms with van der Waals surface area (Å²) in [6.45, 7) is 3.70. The van der Waals surface area contributed by atoms with Gasteiger partial charge in [-0.2, -0.15) is 11.8 Å². The molecular formula is C9H18O2S. The average Bonchev–Trinajstić information content (AvgIpc) is 2.05. The third-order valence-electron chi connectivity index (χ3n) is 2.06. The number of hydrogen-bond donors (Lipinski definition) is 1. The Balaban J connectivity index is 1.98. The zero-order chi connectivity index (χ0) is 8.81. The van der Waals surface area contributed by atoms with Crippen molar-refractivity contribution in [3.05, 3.63) is 0 Å². The second kappa shape index (κ2) is 5.84. The first-order chi connectivity index (χ1) is 5.79. The normalized spacial score (nSPS) is 22.5. The predicted octanol–water partition coefficient (Wildman–Crippen LogP) is 1.67. The van der Waals surface area contributed by atoms with Crippen LogP contribution in [0.15, 0.2) is 0 Å². The van der Waals surface area contributed by atoms with Crippen molar-refractivity contribution < 1.29 is 9.84 Å². The summed E-state index contributed by atoms with van der Waals surface area (Å²) in [5.74, 6) is 1.09. The number of ether oxygens (including phenoxy) is 1. The van der Waals surface area contributed by atoms with Gasteiger partial charge in [0, 0.05) is 18.5 Å². The molecule has 1 heterocycles. The fraction of sp³-hybridized carbons (Fsp3) is 1.00. The highest BCUT2D eigenvalue weighted by atomic mass is 32.2. The minimum absolute atomic E-state index is 0.141. The zero-order valence-corrected chi connectivity index (χ0v) is 8.48. The average molecular weight is 190 g/mol. The van der Waals surface area contributed by atoms with E-state index in [-0.39, 0.29) is 6.10 Å². The molecule has 0 aromatic carbocycles. The first-order valence-electron chi connectivity index (χ1n) is 4.66. The minimum Gasteiger partial charge on any atom is -0.393 e. The summed E-state index contributed by atoms with van der Waals surface area (Å²) in [4.78, 5) is 0. The van der Waals surface area contributed by atoms with Crippen LogP contribution in [-0.4, -0.2) is 35.4 Å². The maximum absolute atomic E-state index is 9.04. The largest absolute Gasteiger partial charge is 0.393 e. The van der Waals surface area contributed by atoms with Crippen LogP contribution >= 0.6 is 11.8 Å². The van der Waals surface area contributed by atoms with Crippen LogP contribution in [0, 0.1) is 0 Å². The lowest BCUT2D eigenvalue weighted by Crippen LogP contribution is -2.18. The summed E-state index contributed by atoms with van der Waals surface area (Å²) in [5.41, 5.74) is 0. The second-order valence-electron chi connectivity index (χ2n) is 3.32. The summed E-state index contributed by atoms with van der Waals surface area (Å²) >= 11 is 1.99. The van der Waals surface area contributed by atoms with Crippen molar-refractivity contribution in [2.45, 2.75) is 37.5 Å². The molecule has 1 unspecified atom stereocenters. The monoisotopic (exact) mass is 190 g/mol. The Kier molecular flexibility index (Phi) is 5.04. The molecule has 0 radical (unpaired) electrons. The number of aliphatic hydroxyl groups excluding tert-OH is 1. The molecule has 0 amide bonds. The molecule has 1 aliphatic heterocycles. The molecule has 0 saturated carbocycles. The number of hydrogen-bond acceptors (Lipinski definition) is 3. The molecule has 1 N–H and O–H groups in total. The molecule has 1 saturated heterocycles. The summed E-state index contributed by atoms with van der Waals surface area (Å²) in [6, 6.07) is 0. The van der Waals surface area contributed by atoms with Gasteiger partial charge in [-0.25, -0.2) is 0 Å². The van der Waals surface area contributed by atoms with Gasteiger partial charge in [-0.1, -0.05) is 0 Å². The molecule has 0 aromatic heterocycles. The third kappa shape index (κ3) is 4.33. The van der Waals surface area contributed by atoms with Crippen LogP contribution in [0.3, 0.4) is 0 Å². The topological polar surface area (TPSA) is 29.5 Å². The van der Waals surface area contributed by atoms with Crippen molar-refractivity contribution >= 4 is 11.8 Å². The first kappa shape index (κ1) is 10.4. The van der Waals surface area contributed by atoms with E-state index in [2.05, 4.69) is 0 Å². The van der Waals surface area contributed by atoms with Gasteiger partial charge in [0.15, 0.2) is 0 Å². The number of rotatable bonds is 4. The van der Waals surface area contributed by atoms with Crippen LogP contribution in [0.5, 0.6) is 0 Å². The Hall–Kier alpha value is 0.270. The van der Waals surface area contributed by atoms with E-state index in [0.29, 0.717) is 0 Å². The van der Waals surface area contributed by atoms with Crippen molar-refractivity contribution in [2.75, 3.05) is 19.0 Å². The van der Waals surface area contributed by atoms with Crippen molar-refractivity contribution in [2.24, 2.45) is 0 Å². The summed E-state index contributed by atoms with van der Waals surface area (Å²) in [6.07, 6.45) is 3.15. The molecule has 12 heavy (non-hydrogen) atoms. The van der Waals surface area contributed by atoms with E-state index in [9.17, 15) is 0 Å². The van der Waals surface area contributed by atoms with Crippen molar-refractivity contribution in [1.82, 2.24) is 0 Å². The van der Waals surface area contributed by atoms with E-state index in [1.165, 1.54) is 12.8 Å². The van der Waals surface area contributed by atoms with Crippen LogP contribution in [0.1, 0.15) is 26.2 Å². The van der Waals surface area contributed by atoms with Crippen molar-refractivity contribution in [3.63, 3.8) is 0 Å². The highest BCUT2D eigenvalue weighted by Gasteiger charge is 2.13. The highest BCUT2D eigenvalue weighted by molar-refractivity contribution is 7.99. The van der Waals surface area contributed by atoms with Gasteiger partial charge in [-0.3, -0.25) is 0 Å². The maximum atomic E-state index is 9.04. The molecule has 0 aromatic rings. The molecule has 3 heteroatoms. The summed E-state index contributed by atoms with van der Waals surface area (Å²) in [7, 11) is 0. The molecule has 1 aliphatic rings. The standard InChI is InChI=1S/C9H18O2S/c1-8(10)4-7-12-9-2-5-11-6-3-9/h8-10H,2-7H2,1H3. The Morgan fingerprint density at radius 1 is 1.50 bits per heavy atom. The van der Waals surface area contributed by atoms with Crippen molar-refractivity contribution in [1.29, 1.82) is 0 Å². The van der Waals surface area contributed by atoms with Gasteiger partial charge >= 0.3 is 0 Å². The van der Waals surface area contributed by atoms with Gasteiger partial charge < -0.3 is 9.84 Å². The molecule has 1 fully saturated rings. The fourth-order valence-corrected chi connectivity index (χ4v) is 2.58. The molecule has 1 rings (SSSR count). The van der Waals surface area contributed by atoms with Gasteiger partial charge in [0.25, 0.3) is 0 Å². The van der Waals surface area contributed by atoms with E-state index >= 15 is 0 Å². The smallest absolute Gasteiger partial charge is 0.0520 e. The van der Waals surface area contributed by atoms with Crippen LogP contribution in [-0.2, 0) is 4.74 Å². The lowest BCUT2D eigenvalue weighted by Gasteiger charge is -2.21. The lowest BCUT2D eigenvalue weighted by atomic mass is 10.2. The van der Waals surface area contributed by atoms with E-state index < -0.39 is 0 Å². The summed E-state index contributed by atoms with van der Waals surface area (Å²) in [5, 5.41) is 9.82. The zero-order valence-electron chi connectivity index (χ0n) is 7.66. The first-order valence-corrected chi connectivity index (χ1v) is 5.71. The third-order valence-corrected chi connectivity index (χ3v) is 3.47. The fourth-order valence-electron chi connectivity index (χ4n) is 1.25. The van der Waals surface area contributed by atoms with E-state index in [0.717, 1.165) is 30.6 Å². The number of aliphatic hydroxyl groups is 1. The van der Waals surface area contributed by atoms with Crippen LogP contribution < -0.4 is 0 Å². The van der Waals surface area contributed by atoms with E-state index in [1.807, 2.05) is 18.7 Å². The van der Waals surface area contributed by atoms with Crippen molar-refractivity contribution in [3.8, 4) is 0 Å². The molecule has 72 valence electrons. The number of thioether (sulfide) groups is 1. The molecule has 0 spiro atoms. The maximum Gasteiger partial charge on any atom is 0.0520 e. The molecule has 2 nitrogen and oxygen atoms in total. The lowest BCUT2D eigenvalue weighted by molar-refractivity contribution is 0.1000.